The van der Waals surface area contributed by atoms with Crippen molar-refractivity contribution in [3.8, 4) is 0 Å². The van der Waals surface area contributed by atoms with Gasteiger partial charge in [0.2, 0.25) is 5.91 Å². The van der Waals surface area contributed by atoms with Crippen molar-refractivity contribution < 1.29 is 24.5 Å². The van der Waals surface area contributed by atoms with E-state index in [-0.39, 0.29) is 18.5 Å². The first-order chi connectivity index (χ1) is 28.0. The van der Waals surface area contributed by atoms with E-state index < -0.39 is 12.1 Å². The number of carbonyl (C=O) groups is 2. The third-order valence-corrected chi connectivity index (χ3v) is 11.8. The maximum atomic E-state index is 12.4. The van der Waals surface area contributed by atoms with Crippen LogP contribution in [0.2, 0.25) is 0 Å². The average molecular weight is 806 g/mol. The van der Waals surface area contributed by atoms with E-state index in [1.54, 1.807) is 0 Å². The maximum Gasteiger partial charge on any atom is 0.305 e. The van der Waals surface area contributed by atoms with Crippen molar-refractivity contribution in [2.24, 2.45) is 0 Å². The van der Waals surface area contributed by atoms with Crippen molar-refractivity contribution in [2.45, 2.75) is 289 Å². The number of carbonyl (C=O) groups excluding carboxylic acids is 2. The molecule has 0 radical (unpaired) electrons. The van der Waals surface area contributed by atoms with Gasteiger partial charge in [-0.2, -0.15) is 0 Å². The van der Waals surface area contributed by atoms with Crippen LogP contribution >= 0.6 is 0 Å². The van der Waals surface area contributed by atoms with Crippen molar-refractivity contribution in [1.29, 1.82) is 0 Å². The van der Waals surface area contributed by atoms with Crippen molar-refractivity contribution in [1.82, 2.24) is 5.32 Å². The van der Waals surface area contributed by atoms with Gasteiger partial charge in [-0.15, -0.1) is 0 Å². The number of ether oxygens (including phenoxy) is 1. The van der Waals surface area contributed by atoms with E-state index in [9.17, 15) is 19.8 Å². The number of esters is 1. The van der Waals surface area contributed by atoms with Gasteiger partial charge in [0.1, 0.15) is 0 Å². The average Bonchev–Trinajstić information content (AvgIpc) is 3.21. The number of nitrogens with one attached hydrogen (secondary N) is 1. The molecular weight excluding hydrogens is 707 g/mol. The van der Waals surface area contributed by atoms with Gasteiger partial charge in [0.25, 0.3) is 0 Å². The Labute approximate surface area is 355 Å². The number of rotatable bonds is 47. The molecule has 1 amide bonds. The number of unbranched alkanes of at least 4 members (excludes halogenated alkanes) is 34. The van der Waals surface area contributed by atoms with Crippen molar-refractivity contribution in [3.05, 3.63) is 12.2 Å². The molecule has 0 fully saturated rings. The normalized spacial score (nSPS) is 12.7. The molecule has 0 rings (SSSR count). The van der Waals surface area contributed by atoms with Gasteiger partial charge in [0, 0.05) is 12.8 Å². The fraction of sp³-hybridized carbons (Fsp3) is 0.922. The molecule has 0 saturated heterocycles. The molecule has 0 aromatic rings. The van der Waals surface area contributed by atoms with E-state index in [1.165, 1.54) is 173 Å². The van der Waals surface area contributed by atoms with Crippen LogP contribution in [0.4, 0.5) is 0 Å². The second kappa shape index (κ2) is 47.3. The van der Waals surface area contributed by atoms with Crippen LogP contribution in [0.25, 0.3) is 0 Å². The highest BCUT2D eigenvalue weighted by atomic mass is 16.5. The first kappa shape index (κ1) is 55.6. The maximum absolute atomic E-state index is 12.4. The van der Waals surface area contributed by atoms with E-state index >= 15 is 0 Å². The van der Waals surface area contributed by atoms with Crippen LogP contribution in [0.3, 0.4) is 0 Å². The lowest BCUT2D eigenvalue weighted by molar-refractivity contribution is -0.143. The summed E-state index contributed by atoms with van der Waals surface area (Å²) in [6, 6.07) is -0.549. The molecule has 0 spiro atoms. The van der Waals surface area contributed by atoms with Gasteiger partial charge >= 0.3 is 5.97 Å². The first-order valence-corrected chi connectivity index (χ1v) is 25.4. The molecule has 0 heterocycles. The summed E-state index contributed by atoms with van der Waals surface area (Å²) >= 11 is 0. The summed E-state index contributed by atoms with van der Waals surface area (Å²) in [6.07, 6.45) is 53.3. The predicted molar refractivity (Wildman–Crippen MR) is 246 cm³/mol. The largest absolute Gasteiger partial charge is 0.466 e. The van der Waals surface area contributed by atoms with Gasteiger partial charge < -0.3 is 20.3 Å². The molecule has 0 aromatic heterocycles. The fourth-order valence-electron chi connectivity index (χ4n) is 7.87. The Morgan fingerprint density at radius 3 is 1.25 bits per heavy atom. The Kier molecular flexibility index (Phi) is 46.1. The molecule has 57 heavy (non-hydrogen) atoms. The van der Waals surface area contributed by atoms with Crippen LogP contribution in [0, 0.1) is 0 Å². The van der Waals surface area contributed by atoms with Gasteiger partial charge in [-0.3, -0.25) is 9.59 Å². The summed E-state index contributed by atoms with van der Waals surface area (Å²) in [5.74, 6) is -0.0592. The van der Waals surface area contributed by atoms with E-state index in [0.29, 0.717) is 25.9 Å². The molecule has 0 bridgehead atoms. The zero-order valence-corrected chi connectivity index (χ0v) is 38.3. The van der Waals surface area contributed by atoms with Crippen molar-refractivity contribution in [3.63, 3.8) is 0 Å². The van der Waals surface area contributed by atoms with Crippen LogP contribution in [0.15, 0.2) is 12.2 Å². The lowest BCUT2D eigenvalue weighted by Crippen LogP contribution is -2.45. The van der Waals surface area contributed by atoms with Crippen molar-refractivity contribution >= 4 is 11.9 Å². The first-order valence-electron chi connectivity index (χ1n) is 25.4. The zero-order chi connectivity index (χ0) is 41.5. The minimum Gasteiger partial charge on any atom is -0.466 e. The molecule has 338 valence electrons. The van der Waals surface area contributed by atoms with Gasteiger partial charge in [-0.05, 0) is 51.4 Å². The van der Waals surface area contributed by atoms with Crippen molar-refractivity contribution in [2.75, 3.05) is 13.2 Å². The summed E-state index contributed by atoms with van der Waals surface area (Å²) in [6.45, 7) is 4.90. The topological polar surface area (TPSA) is 95.9 Å². The van der Waals surface area contributed by atoms with E-state index in [4.69, 9.17) is 4.74 Å². The van der Waals surface area contributed by atoms with Crippen LogP contribution < -0.4 is 5.32 Å². The number of aliphatic hydroxyl groups excluding tert-OH is 2. The molecule has 0 saturated carbocycles. The monoisotopic (exact) mass is 806 g/mol. The molecule has 2 atom stereocenters. The molecule has 3 N–H and O–H groups in total. The van der Waals surface area contributed by atoms with Crippen LogP contribution in [-0.4, -0.2) is 47.4 Å². The Bertz CT molecular complexity index is 847. The van der Waals surface area contributed by atoms with Gasteiger partial charge in [-0.25, -0.2) is 0 Å². The standard InChI is InChI=1S/C51H99NO5/c1-3-5-7-9-11-13-14-15-16-19-22-25-29-33-37-41-45-51(56)57-46-42-38-34-30-26-23-20-17-18-21-24-28-32-36-40-44-50(55)52-48(47-53)49(54)43-39-35-31-27-12-10-8-6-4-2/h20,23,48-49,53-54H,3-19,21-22,24-47H2,1-2H3,(H,52,55)/b23-20-. The minimum absolute atomic E-state index is 0.00690. The van der Waals surface area contributed by atoms with E-state index in [2.05, 4.69) is 31.3 Å². The third kappa shape index (κ3) is 44.0. The minimum atomic E-state index is -0.671. The Morgan fingerprint density at radius 1 is 0.474 bits per heavy atom. The Balaban J connectivity index is 3.43. The number of hydrogen-bond donors (Lipinski definition) is 3. The summed E-state index contributed by atoms with van der Waals surface area (Å²) < 4.78 is 5.46. The number of allylic oxidation sites excluding steroid dienone is 2. The predicted octanol–water partition coefficient (Wildman–Crippen LogP) is 15.0. The molecule has 0 aliphatic heterocycles. The lowest BCUT2D eigenvalue weighted by atomic mass is 10.0. The Hall–Kier alpha value is -1.40. The van der Waals surface area contributed by atoms with Crippen LogP contribution in [-0.2, 0) is 14.3 Å². The molecule has 6 nitrogen and oxygen atoms in total. The Morgan fingerprint density at radius 2 is 0.825 bits per heavy atom. The molecular formula is C51H99NO5. The summed E-state index contributed by atoms with van der Waals surface area (Å²) in [4.78, 5) is 24.4. The van der Waals surface area contributed by atoms with E-state index in [1.807, 2.05) is 0 Å². The summed E-state index contributed by atoms with van der Waals surface area (Å²) in [5, 5.41) is 23.0. The quantitative estimate of drug-likeness (QED) is 0.0323. The SMILES string of the molecule is CCCCCCCCCCCCCCCCCCC(=O)OCCCCCC/C=C\CCCCCCCCCC(=O)NC(CO)C(O)CCCCCCCCCCC. The second-order valence-corrected chi connectivity index (χ2v) is 17.5. The molecule has 2 unspecified atom stereocenters. The van der Waals surface area contributed by atoms with Crippen LogP contribution in [0.5, 0.6) is 0 Å². The van der Waals surface area contributed by atoms with Gasteiger partial charge in [0.15, 0.2) is 0 Å². The van der Waals surface area contributed by atoms with Crippen LogP contribution in [0.1, 0.15) is 277 Å². The van der Waals surface area contributed by atoms with E-state index in [0.717, 1.165) is 70.6 Å². The molecule has 6 heteroatoms. The fourth-order valence-corrected chi connectivity index (χ4v) is 7.87. The zero-order valence-electron chi connectivity index (χ0n) is 38.3. The highest BCUT2D eigenvalue weighted by Crippen LogP contribution is 2.16. The third-order valence-electron chi connectivity index (χ3n) is 11.8. The highest BCUT2D eigenvalue weighted by molar-refractivity contribution is 5.76. The number of aliphatic hydroxyl groups is 2. The molecule has 0 aromatic carbocycles. The van der Waals surface area contributed by atoms with Gasteiger partial charge in [-0.1, -0.05) is 225 Å². The molecule has 0 aliphatic rings. The smallest absolute Gasteiger partial charge is 0.305 e. The lowest BCUT2D eigenvalue weighted by Gasteiger charge is -2.22. The summed E-state index contributed by atoms with van der Waals surface area (Å²) in [7, 11) is 0. The molecule has 0 aliphatic carbocycles. The number of amides is 1. The highest BCUT2D eigenvalue weighted by Gasteiger charge is 2.20. The van der Waals surface area contributed by atoms with Gasteiger partial charge in [0.05, 0.1) is 25.4 Å². The number of hydrogen-bond acceptors (Lipinski definition) is 5. The summed E-state index contributed by atoms with van der Waals surface area (Å²) in [5.41, 5.74) is 0. The second-order valence-electron chi connectivity index (χ2n) is 17.5.